The van der Waals surface area contributed by atoms with Gasteiger partial charge < -0.3 is 9.47 Å². The van der Waals surface area contributed by atoms with E-state index in [-0.39, 0.29) is 19.3 Å². The summed E-state index contributed by atoms with van der Waals surface area (Å²) in [7, 11) is 0. The molecule has 110 valence electrons. The van der Waals surface area contributed by atoms with Crippen molar-refractivity contribution in [3.8, 4) is 0 Å². The Kier molecular flexibility index (Phi) is 6.36. The lowest BCUT2D eigenvalue weighted by atomic mass is 10.1. The van der Waals surface area contributed by atoms with Crippen molar-refractivity contribution in [3.05, 3.63) is 35.9 Å². The van der Waals surface area contributed by atoms with Crippen molar-refractivity contribution < 1.29 is 19.1 Å². The minimum Gasteiger partial charge on any atom is -0.449 e. The van der Waals surface area contributed by atoms with E-state index in [1.54, 1.807) is 20.8 Å². The third-order valence-corrected chi connectivity index (χ3v) is 2.62. The van der Waals surface area contributed by atoms with Crippen molar-refractivity contribution in [2.45, 2.75) is 26.8 Å². The minimum absolute atomic E-state index is 0.224. The van der Waals surface area contributed by atoms with Gasteiger partial charge in [0.25, 0.3) is 0 Å². The molecule has 0 aliphatic rings. The van der Waals surface area contributed by atoms with Crippen LogP contribution in [-0.4, -0.2) is 30.4 Å². The van der Waals surface area contributed by atoms with Gasteiger partial charge in [-0.1, -0.05) is 30.3 Å². The number of rotatable bonds is 4. The monoisotopic (exact) mass is 280 g/mol. The first-order valence-corrected chi connectivity index (χ1v) is 6.54. The van der Waals surface area contributed by atoms with Gasteiger partial charge in [0.2, 0.25) is 0 Å². The molecule has 20 heavy (non-hydrogen) atoms. The highest BCUT2D eigenvalue weighted by atomic mass is 16.6. The number of ether oxygens (including phenoxy) is 2. The predicted molar refractivity (Wildman–Crippen MR) is 73.9 cm³/mol. The van der Waals surface area contributed by atoms with Gasteiger partial charge in [0.05, 0.1) is 19.3 Å². The van der Waals surface area contributed by atoms with Crippen LogP contribution in [0.5, 0.6) is 0 Å². The third kappa shape index (κ3) is 4.46. The van der Waals surface area contributed by atoms with E-state index in [0.29, 0.717) is 0 Å². The molecule has 6 nitrogen and oxygen atoms in total. The summed E-state index contributed by atoms with van der Waals surface area (Å²) in [4.78, 5) is 23.4. The summed E-state index contributed by atoms with van der Waals surface area (Å²) in [5, 5.41) is 1.12. The van der Waals surface area contributed by atoms with Crippen LogP contribution in [-0.2, 0) is 9.47 Å². The predicted octanol–water partition coefficient (Wildman–Crippen LogP) is 2.87. The fraction of sp³-hybridized carbons (Fsp3) is 0.429. The normalized spacial score (nSPS) is 11.3. The van der Waals surface area contributed by atoms with Crippen molar-refractivity contribution in [1.82, 2.24) is 10.4 Å². The van der Waals surface area contributed by atoms with Gasteiger partial charge >= 0.3 is 12.2 Å². The van der Waals surface area contributed by atoms with Gasteiger partial charge in [-0.25, -0.2) is 20.0 Å². The topological polar surface area (TPSA) is 67.9 Å². The number of hydrazine groups is 1. The molecule has 0 aliphatic carbocycles. The number of hydrogen-bond acceptors (Lipinski definition) is 4. The van der Waals surface area contributed by atoms with Crippen molar-refractivity contribution in [1.29, 1.82) is 0 Å². The Morgan fingerprint density at radius 3 is 2.30 bits per heavy atom. The van der Waals surface area contributed by atoms with Gasteiger partial charge in [-0.05, 0) is 26.3 Å². The SMILES string of the molecule is CCOC(=O)NN(C(=O)OCC)C(C)c1ccccc1. The van der Waals surface area contributed by atoms with Crippen molar-refractivity contribution in [2.75, 3.05) is 13.2 Å². The van der Waals surface area contributed by atoms with Crippen LogP contribution in [0.2, 0.25) is 0 Å². The summed E-state index contributed by atoms with van der Waals surface area (Å²) in [5.41, 5.74) is 3.27. The summed E-state index contributed by atoms with van der Waals surface area (Å²) in [5.74, 6) is 0. The van der Waals surface area contributed by atoms with E-state index in [9.17, 15) is 9.59 Å². The van der Waals surface area contributed by atoms with Crippen LogP contribution in [0.15, 0.2) is 30.3 Å². The zero-order chi connectivity index (χ0) is 15.0. The molecule has 6 heteroatoms. The van der Waals surface area contributed by atoms with E-state index >= 15 is 0 Å². The van der Waals surface area contributed by atoms with E-state index in [1.165, 1.54) is 0 Å². The van der Waals surface area contributed by atoms with Gasteiger partial charge in [0, 0.05) is 0 Å². The summed E-state index contributed by atoms with van der Waals surface area (Å²) in [6.07, 6.45) is -1.32. The molecule has 0 aliphatic heterocycles. The average molecular weight is 280 g/mol. The average Bonchev–Trinajstić information content (AvgIpc) is 2.45. The van der Waals surface area contributed by atoms with E-state index < -0.39 is 12.2 Å². The second-order valence-corrected chi connectivity index (χ2v) is 3.99. The molecule has 1 unspecified atom stereocenters. The maximum atomic E-state index is 11.9. The fourth-order valence-electron chi connectivity index (χ4n) is 1.64. The molecule has 1 aromatic rings. The highest BCUT2D eigenvalue weighted by Crippen LogP contribution is 2.18. The minimum atomic E-state index is -0.691. The molecule has 0 aromatic heterocycles. The number of carbonyl (C=O) groups is 2. The Balaban J connectivity index is 2.86. The van der Waals surface area contributed by atoms with Gasteiger partial charge in [-0.3, -0.25) is 0 Å². The Labute approximate surface area is 118 Å². The highest BCUT2D eigenvalue weighted by Gasteiger charge is 2.25. The number of carbonyl (C=O) groups excluding carboxylic acids is 2. The van der Waals surface area contributed by atoms with Crippen LogP contribution >= 0.6 is 0 Å². The summed E-state index contributed by atoms with van der Waals surface area (Å²) in [6.45, 7) is 5.63. The molecular weight excluding hydrogens is 260 g/mol. The molecule has 1 atom stereocenters. The van der Waals surface area contributed by atoms with Crippen LogP contribution in [0.4, 0.5) is 9.59 Å². The van der Waals surface area contributed by atoms with E-state index in [4.69, 9.17) is 9.47 Å². The molecule has 0 bridgehead atoms. The Morgan fingerprint density at radius 2 is 1.75 bits per heavy atom. The number of amides is 2. The second kappa shape index (κ2) is 8.04. The van der Waals surface area contributed by atoms with Crippen LogP contribution < -0.4 is 5.43 Å². The first-order valence-electron chi connectivity index (χ1n) is 6.54. The van der Waals surface area contributed by atoms with E-state index in [0.717, 1.165) is 10.6 Å². The molecule has 0 heterocycles. The molecule has 0 saturated heterocycles. The highest BCUT2D eigenvalue weighted by molar-refractivity contribution is 5.74. The Hall–Kier alpha value is -2.24. The molecule has 1 N–H and O–H groups in total. The van der Waals surface area contributed by atoms with Crippen LogP contribution in [0.3, 0.4) is 0 Å². The quantitative estimate of drug-likeness (QED) is 0.861. The van der Waals surface area contributed by atoms with Crippen molar-refractivity contribution >= 4 is 12.2 Å². The lowest BCUT2D eigenvalue weighted by Crippen LogP contribution is -2.48. The molecule has 1 aromatic carbocycles. The molecular formula is C14H20N2O4. The lowest BCUT2D eigenvalue weighted by Gasteiger charge is -2.28. The zero-order valence-corrected chi connectivity index (χ0v) is 12.0. The van der Waals surface area contributed by atoms with E-state index in [2.05, 4.69) is 5.43 Å². The molecule has 1 rings (SSSR count). The number of hydrogen-bond donors (Lipinski definition) is 1. The molecule has 0 fully saturated rings. The lowest BCUT2D eigenvalue weighted by molar-refractivity contribution is 0.0582. The first kappa shape index (κ1) is 15.8. The number of benzene rings is 1. The zero-order valence-electron chi connectivity index (χ0n) is 12.0. The largest absolute Gasteiger partial charge is 0.449 e. The van der Waals surface area contributed by atoms with Crippen molar-refractivity contribution in [3.63, 3.8) is 0 Å². The van der Waals surface area contributed by atoms with Gasteiger partial charge in [-0.15, -0.1) is 0 Å². The van der Waals surface area contributed by atoms with Crippen molar-refractivity contribution in [2.24, 2.45) is 0 Å². The smallest absolute Gasteiger partial charge is 0.429 e. The van der Waals surface area contributed by atoms with Gasteiger partial charge in [0.1, 0.15) is 0 Å². The van der Waals surface area contributed by atoms with Crippen LogP contribution in [0.25, 0.3) is 0 Å². The second-order valence-electron chi connectivity index (χ2n) is 3.99. The maximum absolute atomic E-state index is 11.9. The summed E-state index contributed by atoms with van der Waals surface area (Å²) >= 11 is 0. The Bertz CT molecular complexity index is 436. The van der Waals surface area contributed by atoms with E-state index in [1.807, 2.05) is 30.3 Å². The fourth-order valence-corrected chi connectivity index (χ4v) is 1.64. The first-order chi connectivity index (χ1) is 9.60. The summed E-state index contributed by atoms with van der Waals surface area (Å²) < 4.78 is 9.73. The van der Waals surface area contributed by atoms with Crippen LogP contribution in [0, 0.1) is 0 Å². The number of nitrogens with one attached hydrogen (secondary N) is 1. The maximum Gasteiger partial charge on any atom is 0.429 e. The standard InChI is InChI=1S/C14H20N2O4/c1-4-19-13(17)15-16(14(18)20-5-2)11(3)12-9-7-6-8-10-12/h6-11H,4-5H2,1-3H3,(H,15,17). The van der Waals surface area contributed by atoms with Crippen LogP contribution in [0.1, 0.15) is 32.4 Å². The number of nitrogens with zero attached hydrogens (tertiary/aromatic N) is 1. The molecule has 0 radical (unpaired) electrons. The molecule has 0 spiro atoms. The molecule has 2 amide bonds. The van der Waals surface area contributed by atoms with Gasteiger partial charge in [0.15, 0.2) is 0 Å². The summed E-state index contributed by atoms with van der Waals surface area (Å²) in [6, 6.07) is 8.95. The molecule has 0 saturated carbocycles. The van der Waals surface area contributed by atoms with Gasteiger partial charge in [-0.2, -0.15) is 0 Å². The Morgan fingerprint density at radius 1 is 1.15 bits per heavy atom. The third-order valence-electron chi connectivity index (χ3n) is 2.62.